The Morgan fingerprint density at radius 1 is 1.39 bits per heavy atom. The molecule has 9 nitrogen and oxygen atoms in total. The number of benzene rings is 1. The highest BCUT2D eigenvalue weighted by atomic mass is 19.1. The number of nitrogen functional groups attached to an aromatic ring is 1. The van der Waals surface area contributed by atoms with E-state index >= 15 is 4.39 Å². The van der Waals surface area contributed by atoms with Gasteiger partial charge in [0.15, 0.2) is 11.6 Å². The van der Waals surface area contributed by atoms with Crippen molar-refractivity contribution < 1.29 is 9.13 Å². The first-order chi connectivity index (χ1) is 14.9. The second kappa shape index (κ2) is 8.23. The van der Waals surface area contributed by atoms with E-state index in [4.69, 9.17) is 17.2 Å². The average molecular weight is 430 g/mol. The molecular formula is C21H27FN6O3. The zero-order valence-electron chi connectivity index (χ0n) is 17.7. The zero-order valence-corrected chi connectivity index (χ0v) is 17.7. The van der Waals surface area contributed by atoms with Crippen LogP contribution < -0.4 is 32.0 Å². The van der Waals surface area contributed by atoms with Gasteiger partial charge in [-0.05, 0) is 38.2 Å². The molecule has 0 bridgehead atoms. The van der Waals surface area contributed by atoms with Crippen LogP contribution in [0.3, 0.4) is 0 Å². The summed E-state index contributed by atoms with van der Waals surface area (Å²) in [6.07, 6.45) is 2.45. The molecule has 0 radical (unpaired) electrons. The van der Waals surface area contributed by atoms with Crippen molar-refractivity contribution in [2.24, 2.45) is 5.92 Å². The van der Waals surface area contributed by atoms with Gasteiger partial charge in [0.2, 0.25) is 6.54 Å². The molecule has 1 aliphatic carbocycles. The SMILES string of the molecule is [C-]#[N+]CC(C)NCC1CCN(c2c(F)cc3c(=O)n(N)c(=O)n(C4CC4)c3c2OC)C1. The van der Waals surface area contributed by atoms with Gasteiger partial charge in [0.25, 0.3) is 5.56 Å². The minimum atomic E-state index is -0.738. The molecule has 1 saturated heterocycles. The summed E-state index contributed by atoms with van der Waals surface area (Å²) in [6.45, 7) is 11.3. The number of nitrogens with two attached hydrogens (primary N) is 1. The number of rotatable bonds is 7. The highest BCUT2D eigenvalue weighted by molar-refractivity contribution is 5.91. The molecule has 3 N–H and O–H groups in total. The van der Waals surface area contributed by atoms with Gasteiger partial charge >= 0.3 is 5.69 Å². The lowest BCUT2D eigenvalue weighted by Crippen LogP contribution is -2.44. The smallest absolute Gasteiger partial charge is 0.350 e. The Morgan fingerprint density at radius 2 is 2.13 bits per heavy atom. The first-order valence-corrected chi connectivity index (χ1v) is 10.5. The standard InChI is InChI=1S/C21H27FN6O3/c1-12(9-24-2)25-10-13-6-7-26(11-13)18-16(22)8-15-17(19(18)31-3)27(14-4-5-14)21(30)28(23)20(15)29/h8,12-14,25H,4-7,9-11,23H2,1,3H3. The minimum absolute atomic E-state index is 0.0393. The van der Waals surface area contributed by atoms with Gasteiger partial charge in [-0.25, -0.2) is 15.8 Å². The Bertz CT molecular complexity index is 1160. The number of hydrogen-bond acceptors (Lipinski definition) is 6. The van der Waals surface area contributed by atoms with Crippen LogP contribution >= 0.6 is 0 Å². The van der Waals surface area contributed by atoms with Crippen LogP contribution in [0.4, 0.5) is 10.1 Å². The monoisotopic (exact) mass is 430 g/mol. The van der Waals surface area contributed by atoms with Gasteiger partial charge in [0, 0.05) is 25.7 Å². The van der Waals surface area contributed by atoms with E-state index in [-0.39, 0.29) is 34.8 Å². The van der Waals surface area contributed by atoms with Crippen molar-refractivity contribution in [1.82, 2.24) is 14.6 Å². The molecule has 31 heavy (non-hydrogen) atoms. The summed E-state index contributed by atoms with van der Waals surface area (Å²) in [4.78, 5) is 30.7. The van der Waals surface area contributed by atoms with E-state index in [1.165, 1.54) is 17.7 Å². The highest BCUT2D eigenvalue weighted by Crippen LogP contribution is 2.43. The van der Waals surface area contributed by atoms with Gasteiger partial charge in [0.05, 0.1) is 18.5 Å². The molecule has 2 atom stereocenters. The maximum Gasteiger partial charge on any atom is 0.350 e. The van der Waals surface area contributed by atoms with E-state index in [0.29, 0.717) is 29.8 Å². The number of anilines is 1. The van der Waals surface area contributed by atoms with Crippen LogP contribution in [-0.2, 0) is 0 Å². The summed E-state index contributed by atoms with van der Waals surface area (Å²) in [5, 5.41) is 3.39. The largest absolute Gasteiger partial charge is 0.492 e. The first-order valence-electron chi connectivity index (χ1n) is 10.5. The second-order valence-corrected chi connectivity index (χ2v) is 8.45. The Kier molecular flexibility index (Phi) is 5.62. The number of hydrogen-bond donors (Lipinski definition) is 2. The maximum absolute atomic E-state index is 15.3. The minimum Gasteiger partial charge on any atom is -0.492 e. The third-order valence-corrected chi connectivity index (χ3v) is 6.12. The maximum atomic E-state index is 15.3. The number of nitrogens with one attached hydrogen (secondary N) is 1. The summed E-state index contributed by atoms with van der Waals surface area (Å²) < 4.78 is 22.9. The van der Waals surface area contributed by atoms with Crippen LogP contribution in [0.15, 0.2) is 15.7 Å². The molecule has 0 amide bonds. The van der Waals surface area contributed by atoms with E-state index in [1.54, 1.807) is 0 Å². The Morgan fingerprint density at radius 3 is 2.77 bits per heavy atom. The average Bonchev–Trinajstić information content (AvgIpc) is 3.47. The molecule has 1 saturated carbocycles. The number of fused-ring (bicyclic) bond motifs is 1. The van der Waals surface area contributed by atoms with E-state index in [1.807, 2.05) is 11.8 Å². The fourth-order valence-corrected chi connectivity index (χ4v) is 4.37. The molecule has 4 rings (SSSR count). The van der Waals surface area contributed by atoms with E-state index in [9.17, 15) is 9.59 Å². The molecule has 10 heteroatoms. The van der Waals surface area contributed by atoms with Crippen molar-refractivity contribution in [3.05, 3.63) is 44.1 Å². The summed E-state index contributed by atoms with van der Waals surface area (Å²) >= 11 is 0. The summed E-state index contributed by atoms with van der Waals surface area (Å²) in [7, 11) is 1.43. The predicted molar refractivity (Wildman–Crippen MR) is 117 cm³/mol. The van der Waals surface area contributed by atoms with Gasteiger partial charge in [-0.2, -0.15) is 4.68 Å². The second-order valence-electron chi connectivity index (χ2n) is 8.45. The third-order valence-electron chi connectivity index (χ3n) is 6.12. The molecule has 166 valence electrons. The number of halogens is 1. The molecule has 2 heterocycles. The van der Waals surface area contributed by atoms with Crippen molar-refractivity contribution in [1.29, 1.82) is 0 Å². The molecular weight excluding hydrogens is 403 g/mol. The molecule has 1 aromatic carbocycles. The number of aromatic nitrogens is 2. The van der Waals surface area contributed by atoms with Crippen molar-refractivity contribution in [3.8, 4) is 5.75 Å². The van der Waals surface area contributed by atoms with Gasteiger partial charge in [-0.1, -0.05) is 0 Å². The van der Waals surface area contributed by atoms with Crippen LogP contribution in [0, 0.1) is 18.3 Å². The van der Waals surface area contributed by atoms with Gasteiger partial charge in [-0.3, -0.25) is 9.36 Å². The Balaban J connectivity index is 1.74. The molecule has 2 unspecified atom stereocenters. The van der Waals surface area contributed by atoms with Crippen molar-refractivity contribution in [3.63, 3.8) is 0 Å². The zero-order chi connectivity index (χ0) is 22.3. The third kappa shape index (κ3) is 3.74. The molecule has 2 aliphatic rings. The van der Waals surface area contributed by atoms with Crippen LogP contribution in [0.2, 0.25) is 0 Å². The summed E-state index contributed by atoms with van der Waals surface area (Å²) in [5.74, 6) is 5.60. The van der Waals surface area contributed by atoms with Crippen molar-refractivity contribution in [2.45, 2.75) is 38.3 Å². The van der Waals surface area contributed by atoms with Crippen molar-refractivity contribution in [2.75, 3.05) is 44.0 Å². The fraction of sp³-hybridized carbons (Fsp3) is 0.571. The Hall–Kier alpha value is -3.06. The fourth-order valence-electron chi connectivity index (χ4n) is 4.37. The van der Waals surface area contributed by atoms with Crippen LogP contribution in [0.5, 0.6) is 5.75 Å². The summed E-state index contributed by atoms with van der Waals surface area (Å²) in [5.41, 5.74) is -0.772. The van der Waals surface area contributed by atoms with Crippen LogP contribution in [0.25, 0.3) is 15.7 Å². The van der Waals surface area contributed by atoms with Gasteiger partial charge < -0.3 is 25.6 Å². The summed E-state index contributed by atoms with van der Waals surface area (Å²) in [6, 6.07) is 1.20. The predicted octanol–water partition coefficient (Wildman–Crippen LogP) is 1.08. The highest BCUT2D eigenvalue weighted by Gasteiger charge is 2.34. The van der Waals surface area contributed by atoms with Gasteiger partial charge in [0.1, 0.15) is 11.2 Å². The van der Waals surface area contributed by atoms with Crippen LogP contribution in [0.1, 0.15) is 32.2 Å². The van der Waals surface area contributed by atoms with Crippen molar-refractivity contribution >= 4 is 16.6 Å². The molecule has 2 aromatic rings. The topological polar surface area (TPSA) is 98.9 Å². The molecule has 2 fully saturated rings. The normalized spacial score (nSPS) is 19.5. The first kappa shape index (κ1) is 21.2. The quantitative estimate of drug-likeness (QED) is 0.504. The van der Waals surface area contributed by atoms with E-state index < -0.39 is 17.1 Å². The van der Waals surface area contributed by atoms with E-state index in [0.717, 1.165) is 25.8 Å². The van der Waals surface area contributed by atoms with Crippen LogP contribution in [-0.4, -0.2) is 48.6 Å². The molecule has 0 spiro atoms. The lowest BCUT2D eigenvalue weighted by atomic mass is 10.1. The lowest BCUT2D eigenvalue weighted by molar-refractivity contribution is 0.412. The number of ether oxygens (including phenoxy) is 1. The number of nitrogens with zero attached hydrogens (tertiary/aromatic N) is 4. The Labute approximate surface area is 179 Å². The van der Waals surface area contributed by atoms with Gasteiger partial charge in [-0.15, -0.1) is 0 Å². The number of methoxy groups -OCH3 is 1. The molecule has 1 aliphatic heterocycles. The lowest BCUT2D eigenvalue weighted by Gasteiger charge is -2.24. The molecule has 1 aromatic heterocycles. The van der Waals surface area contributed by atoms with E-state index in [2.05, 4.69) is 10.2 Å².